The molecule has 13 heavy (non-hydrogen) atoms. The van der Waals surface area contributed by atoms with Crippen LogP contribution in [0.1, 0.15) is 24.1 Å². The molecule has 1 aromatic carbocycles. The minimum absolute atomic E-state index is 0.0232. The summed E-state index contributed by atoms with van der Waals surface area (Å²) in [6.07, 6.45) is 0. The number of methoxy groups -OCH3 is 1. The summed E-state index contributed by atoms with van der Waals surface area (Å²) >= 11 is 3.48. The van der Waals surface area contributed by atoms with Gasteiger partial charge in [-0.3, -0.25) is 0 Å². The summed E-state index contributed by atoms with van der Waals surface area (Å²) in [7, 11) is 1.66. The highest BCUT2D eigenvalue weighted by Crippen LogP contribution is 2.32. The van der Waals surface area contributed by atoms with Gasteiger partial charge in [-0.2, -0.15) is 0 Å². The molecular formula is C10H14BrNO. The zero-order valence-electron chi connectivity index (χ0n) is 8.10. The molecule has 1 rings (SSSR count). The van der Waals surface area contributed by atoms with E-state index in [2.05, 4.69) is 15.9 Å². The summed E-state index contributed by atoms with van der Waals surface area (Å²) < 4.78 is 6.27. The fraction of sp³-hybridized carbons (Fsp3) is 0.400. The molecule has 0 amide bonds. The molecule has 0 saturated heterocycles. The molecule has 0 saturated carbocycles. The predicted octanol–water partition coefficient (Wildman–Crippen LogP) is 2.79. The molecule has 0 aliphatic rings. The first-order valence-electron chi connectivity index (χ1n) is 4.16. The van der Waals surface area contributed by atoms with Crippen LogP contribution in [-0.2, 0) is 0 Å². The van der Waals surface area contributed by atoms with E-state index in [0.717, 1.165) is 21.3 Å². The van der Waals surface area contributed by atoms with Crippen LogP contribution < -0.4 is 10.5 Å². The zero-order valence-corrected chi connectivity index (χ0v) is 9.68. The van der Waals surface area contributed by atoms with Crippen molar-refractivity contribution in [3.8, 4) is 5.75 Å². The lowest BCUT2D eigenvalue weighted by atomic mass is 10.1. The first-order chi connectivity index (χ1) is 6.06. The zero-order chi connectivity index (χ0) is 10.0. The van der Waals surface area contributed by atoms with E-state index in [1.807, 2.05) is 26.0 Å². The molecule has 2 N–H and O–H groups in total. The van der Waals surface area contributed by atoms with Crippen LogP contribution in [0.2, 0.25) is 0 Å². The largest absolute Gasteiger partial charge is 0.496 e. The van der Waals surface area contributed by atoms with Gasteiger partial charge in [0, 0.05) is 16.1 Å². The SMILES string of the molecule is COc1cc(C)cc(Br)c1C(C)N. The van der Waals surface area contributed by atoms with Crippen LogP contribution in [0.25, 0.3) is 0 Å². The molecule has 0 heterocycles. The van der Waals surface area contributed by atoms with Gasteiger partial charge in [-0.1, -0.05) is 15.9 Å². The summed E-state index contributed by atoms with van der Waals surface area (Å²) in [4.78, 5) is 0. The van der Waals surface area contributed by atoms with Gasteiger partial charge in [0.1, 0.15) is 5.75 Å². The van der Waals surface area contributed by atoms with E-state index in [1.54, 1.807) is 7.11 Å². The van der Waals surface area contributed by atoms with E-state index < -0.39 is 0 Å². The van der Waals surface area contributed by atoms with Gasteiger partial charge in [0.15, 0.2) is 0 Å². The lowest BCUT2D eigenvalue weighted by Gasteiger charge is -2.14. The molecule has 0 aromatic heterocycles. The van der Waals surface area contributed by atoms with Crippen LogP contribution >= 0.6 is 15.9 Å². The fourth-order valence-electron chi connectivity index (χ4n) is 1.33. The quantitative estimate of drug-likeness (QED) is 0.868. The van der Waals surface area contributed by atoms with Gasteiger partial charge in [-0.25, -0.2) is 0 Å². The van der Waals surface area contributed by atoms with Gasteiger partial charge in [-0.15, -0.1) is 0 Å². The maximum Gasteiger partial charge on any atom is 0.125 e. The fourth-order valence-corrected chi connectivity index (χ4v) is 2.25. The van der Waals surface area contributed by atoms with Crippen LogP contribution in [0.5, 0.6) is 5.75 Å². The van der Waals surface area contributed by atoms with Crippen molar-refractivity contribution in [2.24, 2.45) is 5.73 Å². The number of hydrogen-bond acceptors (Lipinski definition) is 2. The van der Waals surface area contributed by atoms with Crippen molar-refractivity contribution in [2.45, 2.75) is 19.9 Å². The summed E-state index contributed by atoms with van der Waals surface area (Å²) in [6, 6.07) is 4.01. The second-order valence-corrected chi connectivity index (χ2v) is 4.01. The topological polar surface area (TPSA) is 35.2 Å². The molecule has 0 spiro atoms. The Kier molecular flexibility index (Phi) is 3.33. The molecule has 3 heteroatoms. The van der Waals surface area contributed by atoms with Crippen molar-refractivity contribution in [1.29, 1.82) is 0 Å². The Morgan fingerprint density at radius 3 is 2.54 bits per heavy atom. The maximum absolute atomic E-state index is 5.83. The Hall–Kier alpha value is -0.540. The lowest BCUT2D eigenvalue weighted by molar-refractivity contribution is 0.406. The van der Waals surface area contributed by atoms with Gasteiger partial charge < -0.3 is 10.5 Å². The predicted molar refractivity (Wildman–Crippen MR) is 58.0 cm³/mol. The summed E-state index contributed by atoms with van der Waals surface area (Å²) in [5.41, 5.74) is 8.01. The van der Waals surface area contributed by atoms with E-state index in [4.69, 9.17) is 10.5 Å². The molecule has 0 bridgehead atoms. The third-order valence-corrected chi connectivity index (χ3v) is 2.57. The smallest absolute Gasteiger partial charge is 0.125 e. The van der Waals surface area contributed by atoms with E-state index in [9.17, 15) is 0 Å². The van der Waals surface area contributed by atoms with Crippen molar-refractivity contribution < 1.29 is 4.74 Å². The number of benzene rings is 1. The number of halogens is 1. The number of aryl methyl sites for hydroxylation is 1. The van der Waals surface area contributed by atoms with Crippen molar-refractivity contribution in [2.75, 3.05) is 7.11 Å². The average molecular weight is 244 g/mol. The Bertz CT molecular complexity index is 310. The Morgan fingerprint density at radius 1 is 1.46 bits per heavy atom. The third-order valence-electron chi connectivity index (χ3n) is 1.91. The highest BCUT2D eigenvalue weighted by Gasteiger charge is 2.11. The normalized spacial score (nSPS) is 12.7. The van der Waals surface area contributed by atoms with Crippen molar-refractivity contribution in [3.05, 3.63) is 27.7 Å². The molecule has 0 aliphatic carbocycles. The Balaban J connectivity index is 3.30. The van der Waals surface area contributed by atoms with Crippen LogP contribution in [0.15, 0.2) is 16.6 Å². The van der Waals surface area contributed by atoms with Crippen LogP contribution in [0.3, 0.4) is 0 Å². The number of hydrogen-bond donors (Lipinski definition) is 1. The summed E-state index contributed by atoms with van der Waals surface area (Å²) in [5, 5.41) is 0. The standard InChI is InChI=1S/C10H14BrNO/c1-6-4-8(11)10(7(2)12)9(5-6)13-3/h4-5,7H,12H2,1-3H3. The third kappa shape index (κ3) is 2.23. The molecule has 1 atom stereocenters. The summed E-state index contributed by atoms with van der Waals surface area (Å²) in [5.74, 6) is 0.849. The second kappa shape index (κ2) is 4.11. The van der Waals surface area contributed by atoms with Gasteiger partial charge in [0.05, 0.1) is 7.11 Å². The van der Waals surface area contributed by atoms with Gasteiger partial charge in [0.25, 0.3) is 0 Å². The first-order valence-corrected chi connectivity index (χ1v) is 4.95. The Labute approximate surface area is 87.2 Å². The van der Waals surface area contributed by atoms with Crippen molar-refractivity contribution >= 4 is 15.9 Å². The Morgan fingerprint density at radius 2 is 2.08 bits per heavy atom. The number of nitrogens with two attached hydrogens (primary N) is 1. The van der Waals surface area contributed by atoms with Gasteiger partial charge in [-0.05, 0) is 31.5 Å². The van der Waals surface area contributed by atoms with E-state index >= 15 is 0 Å². The molecule has 1 unspecified atom stereocenters. The molecule has 72 valence electrons. The van der Waals surface area contributed by atoms with Crippen LogP contribution in [0, 0.1) is 6.92 Å². The van der Waals surface area contributed by atoms with Crippen molar-refractivity contribution in [1.82, 2.24) is 0 Å². The monoisotopic (exact) mass is 243 g/mol. The van der Waals surface area contributed by atoms with E-state index in [0.29, 0.717) is 0 Å². The van der Waals surface area contributed by atoms with Crippen molar-refractivity contribution in [3.63, 3.8) is 0 Å². The van der Waals surface area contributed by atoms with Gasteiger partial charge >= 0.3 is 0 Å². The highest BCUT2D eigenvalue weighted by atomic mass is 79.9. The number of rotatable bonds is 2. The lowest BCUT2D eigenvalue weighted by Crippen LogP contribution is -2.08. The minimum Gasteiger partial charge on any atom is -0.496 e. The number of ether oxygens (including phenoxy) is 1. The first kappa shape index (κ1) is 10.5. The maximum atomic E-state index is 5.83. The molecule has 0 fully saturated rings. The molecule has 0 aliphatic heterocycles. The summed E-state index contributed by atoms with van der Waals surface area (Å²) in [6.45, 7) is 3.97. The van der Waals surface area contributed by atoms with E-state index in [-0.39, 0.29) is 6.04 Å². The van der Waals surface area contributed by atoms with Crippen LogP contribution in [0.4, 0.5) is 0 Å². The van der Waals surface area contributed by atoms with Gasteiger partial charge in [0.2, 0.25) is 0 Å². The minimum atomic E-state index is -0.0232. The highest BCUT2D eigenvalue weighted by molar-refractivity contribution is 9.10. The molecular weight excluding hydrogens is 230 g/mol. The van der Waals surface area contributed by atoms with E-state index in [1.165, 1.54) is 0 Å². The average Bonchev–Trinajstić information content (AvgIpc) is 2.01. The second-order valence-electron chi connectivity index (χ2n) is 3.15. The van der Waals surface area contributed by atoms with Crippen LogP contribution in [-0.4, -0.2) is 7.11 Å². The molecule has 2 nitrogen and oxygen atoms in total. The molecule has 1 aromatic rings. The molecule has 0 radical (unpaired) electrons.